The molecule has 1 aliphatic rings. The summed E-state index contributed by atoms with van der Waals surface area (Å²) in [5.41, 5.74) is 6.91. The Morgan fingerprint density at radius 3 is 2.74 bits per heavy atom. The smallest absolute Gasteiger partial charge is 0.122 e. The van der Waals surface area contributed by atoms with E-state index in [9.17, 15) is 0 Å². The van der Waals surface area contributed by atoms with Crippen molar-refractivity contribution in [3.63, 3.8) is 0 Å². The maximum absolute atomic E-state index is 5.67. The molecule has 1 fully saturated rings. The zero-order valence-corrected chi connectivity index (χ0v) is 12.1. The molecule has 0 spiro atoms. The highest BCUT2D eigenvalue weighted by Gasteiger charge is 2.31. The first-order valence-corrected chi connectivity index (χ1v) is 6.85. The lowest BCUT2D eigenvalue weighted by Crippen LogP contribution is -2.32. The second kappa shape index (κ2) is 6.26. The standard InChI is InChI=1S/C15H24N2O2/c1-11-8-12(10-17(11)7-6-16)14-9-13(18-2)4-5-15(14)19-3/h4-5,9,11-12H,6-8,10,16H2,1-3H3. The summed E-state index contributed by atoms with van der Waals surface area (Å²) < 4.78 is 10.8. The minimum Gasteiger partial charge on any atom is -0.497 e. The number of nitrogens with two attached hydrogens (primary N) is 1. The molecule has 0 bridgehead atoms. The zero-order chi connectivity index (χ0) is 13.8. The van der Waals surface area contributed by atoms with Gasteiger partial charge in [0.1, 0.15) is 11.5 Å². The van der Waals surface area contributed by atoms with Gasteiger partial charge in [-0.25, -0.2) is 0 Å². The summed E-state index contributed by atoms with van der Waals surface area (Å²) in [7, 11) is 3.42. The van der Waals surface area contributed by atoms with Crippen molar-refractivity contribution in [3.05, 3.63) is 23.8 Å². The van der Waals surface area contributed by atoms with Crippen LogP contribution in [0.3, 0.4) is 0 Å². The fourth-order valence-corrected chi connectivity index (χ4v) is 2.96. The summed E-state index contributed by atoms with van der Waals surface area (Å²) in [5.74, 6) is 2.33. The van der Waals surface area contributed by atoms with E-state index in [-0.39, 0.29) is 0 Å². The van der Waals surface area contributed by atoms with E-state index < -0.39 is 0 Å². The third-order valence-corrected chi connectivity index (χ3v) is 4.00. The summed E-state index contributed by atoms with van der Waals surface area (Å²) in [6.45, 7) is 4.99. The Morgan fingerprint density at radius 2 is 2.11 bits per heavy atom. The number of benzene rings is 1. The van der Waals surface area contributed by atoms with Gasteiger partial charge in [-0.15, -0.1) is 0 Å². The zero-order valence-electron chi connectivity index (χ0n) is 12.1. The Kier molecular flexibility index (Phi) is 4.66. The molecule has 0 saturated carbocycles. The van der Waals surface area contributed by atoms with Crippen LogP contribution in [0.5, 0.6) is 11.5 Å². The molecule has 106 valence electrons. The number of methoxy groups -OCH3 is 2. The SMILES string of the molecule is COc1ccc(OC)c(C2CC(C)N(CCN)C2)c1. The largest absolute Gasteiger partial charge is 0.497 e. The van der Waals surface area contributed by atoms with Crippen LogP contribution in [-0.2, 0) is 0 Å². The number of likely N-dealkylation sites (tertiary alicyclic amines) is 1. The molecule has 19 heavy (non-hydrogen) atoms. The van der Waals surface area contributed by atoms with Crippen LogP contribution in [-0.4, -0.2) is 44.8 Å². The van der Waals surface area contributed by atoms with Crippen molar-refractivity contribution in [3.8, 4) is 11.5 Å². The molecular weight excluding hydrogens is 240 g/mol. The number of hydrogen-bond donors (Lipinski definition) is 1. The van der Waals surface area contributed by atoms with Gasteiger partial charge >= 0.3 is 0 Å². The van der Waals surface area contributed by atoms with Gasteiger partial charge in [0.25, 0.3) is 0 Å². The Morgan fingerprint density at radius 1 is 1.32 bits per heavy atom. The molecule has 0 radical (unpaired) electrons. The fraction of sp³-hybridized carbons (Fsp3) is 0.600. The molecule has 1 aliphatic heterocycles. The monoisotopic (exact) mass is 264 g/mol. The molecule has 1 heterocycles. The van der Waals surface area contributed by atoms with Gasteiger partial charge in [0.15, 0.2) is 0 Å². The summed E-state index contributed by atoms with van der Waals surface area (Å²) in [5, 5.41) is 0. The number of nitrogens with zero attached hydrogens (tertiary/aromatic N) is 1. The average Bonchev–Trinajstić information content (AvgIpc) is 2.80. The molecule has 0 amide bonds. The number of ether oxygens (including phenoxy) is 2. The third-order valence-electron chi connectivity index (χ3n) is 4.00. The van der Waals surface area contributed by atoms with Gasteiger partial charge in [-0.1, -0.05) is 0 Å². The van der Waals surface area contributed by atoms with E-state index in [1.807, 2.05) is 12.1 Å². The summed E-state index contributed by atoms with van der Waals surface area (Å²) >= 11 is 0. The molecule has 2 unspecified atom stereocenters. The minimum absolute atomic E-state index is 0.492. The van der Waals surface area contributed by atoms with Crippen LogP contribution in [0.4, 0.5) is 0 Å². The van der Waals surface area contributed by atoms with Crippen LogP contribution >= 0.6 is 0 Å². The van der Waals surface area contributed by atoms with Gasteiger partial charge in [-0.3, -0.25) is 4.90 Å². The van der Waals surface area contributed by atoms with Gasteiger partial charge in [-0.05, 0) is 31.5 Å². The van der Waals surface area contributed by atoms with E-state index in [4.69, 9.17) is 15.2 Å². The predicted molar refractivity (Wildman–Crippen MR) is 77.0 cm³/mol. The summed E-state index contributed by atoms with van der Waals surface area (Å²) in [4.78, 5) is 2.45. The molecule has 0 aliphatic carbocycles. The minimum atomic E-state index is 0.492. The fourth-order valence-electron chi connectivity index (χ4n) is 2.96. The molecule has 2 atom stereocenters. The lowest BCUT2D eigenvalue weighted by molar-refractivity contribution is 0.275. The molecule has 1 aromatic rings. The molecule has 4 nitrogen and oxygen atoms in total. The van der Waals surface area contributed by atoms with E-state index >= 15 is 0 Å². The molecule has 0 aromatic heterocycles. The van der Waals surface area contributed by atoms with Gasteiger partial charge in [0.05, 0.1) is 14.2 Å². The first-order chi connectivity index (χ1) is 9.19. The lowest BCUT2D eigenvalue weighted by atomic mass is 9.95. The highest BCUT2D eigenvalue weighted by Crippen LogP contribution is 2.38. The highest BCUT2D eigenvalue weighted by atomic mass is 16.5. The van der Waals surface area contributed by atoms with Gasteiger partial charge in [0.2, 0.25) is 0 Å². The van der Waals surface area contributed by atoms with Crippen molar-refractivity contribution in [1.82, 2.24) is 4.90 Å². The Balaban J connectivity index is 2.21. The molecule has 2 N–H and O–H groups in total. The topological polar surface area (TPSA) is 47.7 Å². The van der Waals surface area contributed by atoms with Crippen molar-refractivity contribution in [2.45, 2.75) is 25.3 Å². The summed E-state index contributed by atoms with van der Waals surface area (Å²) in [6.07, 6.45) is 1.14. The van der Waals surface area contributed by atoms with Crippen molar-refractivity contribution in [1.29, 1.82) is 0 Å². The maximum Gasteiger partial charge on any atom is 0.122 e. The molecule has 2 rings (SSSR count). The normalized spacial score (nSPS) is 23.6. The maximum atomic E-state index is 5.67. The second-order valence-electron chi connectivity index (χ2n) is 5.17. The van der Waals surface area contributed by atoms with Crippen molar-refractivity contribution in [2.24, 2.45) is 5.73 Å². The van der Waals surface area contributed by atoms with Crippen LogP contribution < -0.4 is 15.2 Å². The van der Waals surface area contributed by atoms with Crippen LogP contribution in [0.2, 0.25) is 0 Å². The summed E-state index contributed by atoms with van der Waals surface area (Å²) in [6, 6.07) is 6.61. The lowest BCUT2D eigenvalue weighted by Gasteiger charge is -2.19. The predicted octanol–water partition coefficient (Wildman–Crippen LogP) is 1.84. The van der Waals surface area contributed by atoms with Crippen molar-refractivity contribution < 1.29 is 9.47 Å². The van der Waals surface area contributed by atoms with E-state index in [1.54, 1.807) is 14.2 Å². The highest BCUT2D eigenvalue weighted by molar-refractivity contribution is 5.43. The molecule has 1 aromatic carbocycles. The van der Waals surface area contributed by atoms with E-state index in [1.165, 1.54) is 5.56 Å². The van der Waals surface area contributed by atoms with E-state index in [0.29, 0.717) is 18.5 Å². The van der Waals surface area contributed by atoms with Gasteiger partial charge < -0.3 is 15.2 Å². The Labute approximate surface area is 115 Å². The number of rotatable bonds is 5. The Hall–Kier alpha value is -1.26. The van der Waals surface area contributed by atoms with E-state index in [2.05, 4.69) is 17.9 Å². The van der Waals surface area contributed by atoms with Crippen LogP contribution in [0.15, 0.2) is 18.2 Å². The Bertz CT molecular complexity index is 423. The van der Waals surface area contributed by atoms with Crippen molar-refractivity contribution >= 4 is 0 Å². The van der Waals surface area contributed by atoms with Crippen LogP contribution in [0, 0.1) is 0 Å². The first-order valence-electron chi connectivity index (χ1n) is 6.85. The van der Waals surface area contributed by atoms with Gasteiger partial charge in [-0.2, -0.15) is 0 Å². The van der Waals surface area contributed by atoms with Crippen LogP contribution in [0.25, 0.3) is 0 Å². The van der Waals surface area contributed by atoms with Gasteiger partial charge in [0, 0.05) is 37.2 Å². The first kappa shape index (κ1) is 14.2. The quantitative estimate of drug-likeness (QED) is 0.881. The van der Waals surface area contributed by atoms with Crippen LogP contribution in [0.1, 0.15) is 24.8 Å². The third kappa shape index (κ3) is 3.01. The molecular formula is C15H24N2O2. The second-order valence-corrected chi connectivity index (χ2v) is 5.17. The molecule has 1 saturated heterocycles. The molecule has 4 heteroatoms. The van der Waals surface area contributed by atoms with Crippen molar-refractivity contribution in [2.75, 3.05) is 33.9 Å². The van der Waals surface area contributed by atoms with E-state index in [0.717, 1.165) is 31.0 Å². The number of hydrogen-bond acceptors (Lipinski definition) is 4. The average molecular weight is 264 g/mol.